The average molecular weight is 434 g/mol. The van der Waals surface area contributed by atoms with Crippen LogP contribution in [0.25, 0.3) is 0 Å². The summed E-state index contributed by atoms with van der Waals surface area (Å²) >= 11 is 8.18. The standard InChI is InChI=1S/C15H13ClINO4/c1-9(15(19)20-2)21-11-3-5-12(6-4-11)22-14-13(16)7-10(17)8-18-14/h3-9H,1-2H3. The van der Waals surface area contributed by atoms with Crippen molar-refractivity contribution < 1.29 is 19.0 Å². The number of esters is 1. The number of rotatable bonds is 5. The molecule has 1 atom stereocenters. The predicted molar refractivity (Wildman–Crippen MR) is 90.6 cm³/mol. The number of hydrogen-bond acceptors (Lipinski definition) is 5. The Bertz CT molecular complexity index is 663. The van der Waals surface area contributed by atoms with Gasteiger partial charge in [0, 0.05) is 9.77 Å². The highest BCUT2D eigenvalue weighted by Gasteiger charge is 2.14. The van der Waals surface area contributed by atoms with Crippen molar-refractivity contribution in [1.82, 2.24) is 4.98 Å². The van der Waals surface area contributed by atoms with Crippen LogP contribution in [-0.4, -0.2) is 24.2 Å². The van der Waals surface area contributed by atoms with Crippen LogP contribution in [0.1, 0.15) is 6.92 Å². The van der Waals surface area contributed by atoms with E-state index in [0.29, 0.717) is 22.4 Å². The molecule has 1 unspecified atom stereocenters. The second-order valence-corrected chi connectivity index (χ2v) is 5.95. The smallest absolute Gasteiger partial charge is 0.346 e. The third kappa shape index (κ3) is 4.48. The lowest BCUT2D eigenvalue weighted by Gasteiger charge is -2.13. The third-order valence-corrected chi connectivity index (χ3v) is 3.52. The summed E-state index contributed by atoms with van der Waals surface area (Å²) < 4.78 is 16.6. The molecule has 0 bridgehead atoms. The van der Waals surface area contributed by atoms with Crippen LogP contribution >= 0.6 is 34.2 Å². The lowest BCUT2D eigenvalue weighted by molar-refractivity contribution is -0.147. The first-order valence-electron chi connectivity index (χ1n) is 6.33. The van der Waals surface area contributed by atoms with Gasteiger partial charge < -0.3 is 14.2 Å². The van der Waals surface area contributed by atoms with Crippen LogP contribution in [0, 0.1) is 3.57 Å². The molecule has 1 aromatic carbocycles. The van der Waals surface area contributed by atoms with Crippen molar-refractivity contribution in [2.45, 2.75) is 13.0 Å². The van der Waals surface area contributed by atoms with Gasteiger partial charge in [-0.2, -0.15) is 0 Å². The summed E-state index contributed by atoms with van der Waals surface area (Å²) in [6.45, 7) is 1.62. The van der Waals surface area contributed by atoms with Crippen molar-refractivity contribution in [1.29, 1.82) is 0 Å². The Kier molecular flexibility index (Phi) is 5.84. The lowest BCUT2D eigenvalue weighted by Crippen LogP contribution is -2.24. The van der Waals surface area contributed by atoms with E-state index in [1.54, 1.807) is 43.5 Å². The number of carbonyl (C=O) groups is 1. The topological polar surface area (TPSA) is 57.7 Å². The molecule has 22 heavy (non-hydrogen) atoms. The SMILES string of the molecule is COC(=O)C(C)Oc1ccc(Oc2ncc(I)cc2Cl)cc1. The number of aromatic nitrogens is 1. The van der Waals surface area contributed by atoms with Gasteiger partial charge in [0.15, 0.2) is 6.10 Å². The molecular weight excluding hydrogens is 421 g/mol. The van der Waals surface area contributed by atoms with Gasteiger partial charge in [-0.1, -0.05) is 11.6 Å². The average Bonchev–Trinajstić information content (AvgIpc) is 2.51. The van der Waals surface area contributed by atoms with Gasteiger partial charge in [0.2, 0.25) is 5.88 Å². The van der Waals surface area contributed by atoms with E-state index in [0.717, 1.165) is 3.57 Å². The zero-order chi connectivity index (χ0) is 16.1. The Morgan fingerprint density at radius 3 is 2.50 bits per heavy atom. The van der Waals surface area contributed by atoms with Gasteiger partial charge >= 0.3 is 5.97 Å². The van der Waals surface area contributed by atoms with E-state index in [4.69, 9.17) is 21.1 Å². The Morgan fingerprint density at radius 1 is 1.27 bits per heavy atom. The number of benzene rings is 1. The molecule has 5 nitrogen and oxygen atoms in total. The van der Waals surface area contributed by atoms with E-state index in [1.165, 1.54) is 7.11 Å². The van der Waals surface area contributed by atoms with Crippen molar-refractivity contribution in [2.24, 2.45) is 0 Å². The van der Waals surface area contributed by atoms with Crippen molar-refractivity contribution in [2.75, 3.05) is 7.11 Å². The van der Waals surface area contributed by atoms with Crippen LogP contribution in [-0.2, 0) is 9.53 Å². The first-order chi connectivity index (χ1) is 10.5. The molecule has 0 aliphatic heterocycles. The molecule has 0 radical (unpaired) electrons. The molecule has 1 aromatic heterocycles. The molecule has 7 heteroatoms. The number of pyridine rings is 1. The summed E-state index contributed by atoms with van der Waals surface area (Å²) in [5, 5.41) is 0.437. The summed E-state index contributed by atoms with van der Waals surface area (Å²) in [5.74, 6) is 0.995. The number of hydrogen-bond donors (Lipinski definition) is 0. The number of methoxy groups -OCH3 is 1. The first kappa shape index (κ1) is 16.8. The minimum Gasteiger partial charge on any atom is -0.479 e. The monoisotopic (exact) mass is 433 g/mol. The fraction of sp³-hybridized carbons (Fsp3) is 0.200. The van der Waals surface area contributed by atoms with E-state index >= 15 is 0 Å². The number of ether oxygens (including phenoxy) is 3. The molecule has 1 heterocycles. The maximum atomic E-state index is 11.3. The van der Waals surface area contributed by atoms with Crippen LogP contribution in [0.5, 0.6) is 17.4 Å². The third-order valence-electron chi connectivity index (χ3n) is 2.66. The number of carbonyl (C=O) groups excluding carboxylic acids is 1. The second kappa shape index (κ2) is 7.64. The Labute approximate surface area is 146 Å². The molecule has 0 aliphatic carbocycles. The highest BCUT2D eigenvalue weighted by atomic mass is 127. The van der Waals surface area contributed by atoms with E-state index < -0.39 is 12.1 Å². The van der Waals surface area contributed by atoms with Gasteiger partial charge in [-0.25, -0.2) is 9.78 Å². The van der Waals surface area contributed by atoms with Crippen LogP contribution in [0.4, 0.5) is 0 Å². The molecule has 0 amide bonds. The Morgan fingerprint density at radius 2 is 1.91 bits per heavy atom. The number of halogens is 2. The summed E-state index contributed by atoms with van der Waals surface area (Å²) in [6.07, 6.45) is 0.987. The van der Waals surface area contributed by atoms with Crippen LogP contribution in [0.3, 0.4) is 0 Å². The molecule has 0 N–H and O–H groups in total. The second-order valence-electron chi connectivity index (χ2n) is 4.30. The Balaban J connectivity index is 2.04. The molecule has 0 fully saturated rings. The summed E-state index contributed by atoms with van der Waals surface area (Å²) in [5.41, 5.74) is 0. The maximum absolute atomic E-state index is 11.3. The van der Waals surface area contributed by atoms with Crippen molar-refractivity contribution >= 4 is 40.2 Å². The molecule has 0 aliphatic rings. The van der Waals surface area contributed by atoms with Crippen molar-refractivity contribution in [3.05, 3.63) is 45.1 Å². The molecular formula is C15H13ClINO4. The van der Waals surface area contributed by atoms with Crippen LogP contribution < -0.4 is 9.47 Å². The zero-order valence-corrected chi connectivity index (χ0v) is 14.8. The van der Waals surface area contributed by atoms with E-state index in [2.05, 4.69) is 32.3 Å². The normalized spacial score (nSPS) is 11.6. The maximum Gasteiger partial charge on any atom is 0.346 e. The van der Waals surface area contributed by atoms with Gasteiger partial charge in [0.25, 0.3) is 0 Å². The van der Waals surface area contributed by atoms with Crippen molar-refractivity contribution in [3.63, 3.8) is 0 Å². The van der Waals surface area contributed by atoms with Gasteiger partial charge in [-0.3, -0.25) is 0 Å². The van der Waals surface area contributed by atoms with Gasteiger partial charge in [0.1, 0.15) is 16.5 Å². The summed E-state index contributed by atoms with van der Waals surface area (Å²) in [7, 11) is 1.32. The minimum atomic E-state index is -0.677. The molecule has 116 valence electrons. The highest BCUT2D eigenvalue weighted by molar-refractivity contribution is 14.1. The fourth-order valence-electron chi connectivity index (χ4n) is 1.59. The summed E-state index contributed by atoms with van der Waals surface area (Å²) in [6, 6.07) is 8.55. The van der Waals surface area contributed by atoms with E-state index in [-0.39, 0.29) is 0 Å². The lowest BCUT2D eigenvalue weighted by atomic mass is 10.3. The van der Waals surface area contributed by atoms with E-state index in [9.17, 15) is 4.79 Å². The molecule has 0 spiro atoms. The number of nitrogens with zero attached hydrogens (tertiary/aromatic N) is 1. The quantitative estimate of drug-likeness (QED) is 0.525. The van der Waals surface area contributed by atoms with Gasteiger partial charge in [0.05, 0.1) is 7.11 Å². The molecule has 2 rings (SSSR count). The summed E-state index contributed by atoms with van der Waals surface area (Å²) in [4.78, 5) is 15.4. The molecule has 0 saturated heterocycles. The zero-order valence-electron chi connectivity index (χ0n) is 11.9. The van der Waals surface area contributed by atoms with Gasteiger partial charge in [-0.05, 0) is 59.8 Å². The van der Waals surface area contributed by atoms with E-state index in [1.807, 2.05) is 0 Å². The Hall–Kier alpha value is -1.54. The largest absolute Gasteiger partial charge is 0.479 e. The molecule has 2 aromatic rings. The van der Waals surface area contributed by atoms with Crippen LogP contribution in [0.15, 0.2) is 36.5 Å². The van der Waals surface area contributed by atoms with Gasteiger partial charge in [-0.15, -0.1) is 0 Å². The van der Waals surface area contributed by atoms with Crippen molar-refractivity contribution in [3.8, 4) is 17.4 Å². The predicted octanol–water partition coefficient (Wildman–Crippen LogP) is 4.07. The highest BCUT2D eigenvalue weighted by Crippen LogP contribution is 2.29. The molecule has 0 saturated carbocycles. The fourth-order valence-corrected chi connectivity index (χ4v) is 2.43. The minimum absolute atomic E-state index is 0.332. The van der Waals surface area contributed by atoms with Crippen LogP contribution in [0.2, 0.25) is 5.02 Å². The first-order valence-corrected chi connectivity index (χ1v) is 7.78.